The monoisotopic (exact) mass is 409 g/mol. The van der Waals surface area contributed by atoms with E-state index in [0.29, 0.717) is 23.1 Å². The highest BCUT2D eigenvalue weighted by Gasteiger charge is 2.22. The number of rotatable bonds is 3. The van der Waals surface area contributed by atoms with Crippen molar-refractivity contribution in [1.29, 1.82) is 0 Å². The first-order valence-corrected chi connectivity index (χ1v) is 10.5. The van der Waals surface area contributed by atoms with Gasteiger partial charge in [-0.15, -0.1) is 0 Å². The molecule has 1 fully saturated rings. The summed E-state index contributed by atoms with van der Waals surface area (Å²) in [6.45, 7) is 6.60. The molecule has 0 spiro atoms. The minimum absolute atomic E-state index is 0.141. The number of aryl methyl sites for hydroxylation is 1. The van der Waals surface area contributed by atoms with Gasteiger partial charge in [0.25, 0.3) is 0 Å². The third kappa shape index (κ3) is 3.01. The molecule has 1 aliphatic rings. The lowest BCUT2D eigenvalue weighted by molar-refractivity contribution is -0.0391. The van der Waals surface area contributed by atoms with Gasteiger partial charge in [0.15, 0.2) is 5.82 Å². The normalized spacial score (nSPS) is 17.5. The number of benzene rings is 2. The molecule has 0 bridgehead atoms. The average molecular weight is 409 g/mol. The smallest absolute Gasteiger partial charge is 0.160 e. The zero-order valence-electron chi connectivity index (χ0n) is 17.5. The molecule has 0 saturated carbocycles. The standard InChI is InChI=1S/C24H25F2N3O/c1-14(2)20-12-18-21(29(20)17-7-8-19(25)15(3)10-17)11-16-13-28(27-24(16)23(18)26)22-6-4-5-9-30-22/h7-8,10-14,22H,4-6,9H2,1-3H3. The predicted molar refractivity (Wildman–Crippen MR) is 114 cm³/mol. The Kier molecular flexibility index (Phi) is 4.62. The maximum atomic E-state index is 15.6. The molecule has 1 atom stereocenters. The summed E-state index contributed by atoms with van der Waals surface area (Å²) in [7, 11) is 0. The molecule has 2 aromatic carbocycles. The van der Waals surface area contributed by atoms with Crippen LogP contribution in [0.1, 0.15) is 56.5 Å². The predicted octanol–water partition coefficient (Wildman–Crippen LogP) is 6.39. The molecular formula is C24H25F2N3O. The Labute approximate surface area is 174 Å². The zero-order valence-corrected chi connectivity index (χ0v) is 17.5. The molecule has 0 aliphatic carbocycles. The Balaban J connectivity index is 1.74. The van der Waals surface area contributed by atoms with E-state index >= 15 is 4.39 Å². The van der Waals surface area contributed by atoms with Crippen LogP contribution in [0.5, 0.6) is 0 Å². The van der Waals surface area contributed by atoms with Crippen molar-refractivity contribution >= 4 is 21.8 Å². The summed E-state index contributed by atoms with van der Waals surface area (Å²) in [5.74, 6) is -0.398. The van der Waals surface area contributed by atoms with Crippen LogP contribution >= 0.6 is 0 Å². The van der Waals surface area contributed by atoms with Crippen molar-refractivity contribution in [2.45, 2.75) is 52.2 Å². The number of nitrogens with zero attached hydrogens (tertiary/aromatic N) is 3. The Morgan fingerprint density at radius 3 is 2.67 bits per heavy atom. The fourth-order valence-corrected chi connectivity index (χ4v) is 4.38. The van der Waals surface area contributed by atoms with Crippen molar-refractivity contribution in [2.24, 2.45) is 0 Å². The van der Waals surface area contributed by atoms with E-state index in [4.69, 9.17) is 4.74 Å². The van der Waals surface area contributed by atoms with Gasteiger partial charge in [0.1, 0.15) is 17.6 Å². The van der Waals surface area contributed by atoms with Gasteiger partial charge in [0.05, 0.1) is 5.52 Å². The van der Waals surface area contributed by atoms with Gasteiger partial charge < -0.3 is 9.30 Å². The van der Waals surface area contributed by atoms with Crippen LogP contribution in [0, 0.1) is 18.6 Å². The molecule has 1 saturated heterocycles. The molecule has 30 heavy (non-hydrogen) atoms. The number of hydrogen-bond donors (Lipinski definition) is 0. The first-order valence-electron chi connectivity index (χ1n) is 10.5. The van der Waals surface area contributed by atoms with Crippen LogP contribution in [0.3, 0.4) is 0 Å². The van der Waals surface area contributed by atoms with E-state index in [1.165, 1.54) is 6.07 Å². The lowest BCUT2D eigenvalue weighted by Gasteiger charge is -2.22. The molecule has 5 rings (SSSR count). The summed E-state index contributed by atoms with van der Waals surface area (Å²) in [5, 5.41) is 5.80. The molecular weight excluding hydrogens is 384 g/mol. The lowest BCUT2D eigenvalue weighted by Crippen LogP contribution is -2.18. The number of hydrogen-bond acceptors (Lipinski definition) is 2. The summed E-state index contributed by atoms with van der Waals surface area (Å²) < 4.78 is 39.0. The highest BCUT2D eigenvalue weighted by atomic mass is 19.1. The van der Waals surface area contributed by atoms with Crippen molar-refractivity contribution in [2.75, 3.05) is 6.61 Å². The second kappa shape index (κ2) is 7.20. The van der Waals surface area contributed by atoms with Crippen molar-refractivity contribution < 1.29 is 13.5 Å². The second-order valence-electron chi connectivity index (χ2n) is 8.48. The molecule has 1 unspecified atom stereocenters. The zero-order chi connectivity index (χ0) is 21.0. The van der Waals surface area contributed by atoms with Crippen LogP contribution in [0.4, 0.5) is 8.78 Å². The average Bonchev–Trinajstić information content (AvgIpc) is 3.33. The minimum Gasteiger partial charge on any atom is -0.357 e. The highest BCUT2D eigenvalue weighted by molar-refractivity contribution is 5.97. The van der Waals surface area contributed by atoms with Crippen LogP contribution in [0.15, 0.2) is 36.5 Å². The SMILES string of the molecule is Cc1cc(-n2c(C(C)C)cc3c(F)c4nn(C5CCCCO5)cc4cc32)ccc1F. The number of ether oxygens (including phenoxy) is 1. The van der Waals surface area contributed by atoms with Crippen molar-refractivity contribution in [1.82, 2.24) is 14.3 Å². The quantitative estimate of drug-likeness (QED) is 0.393. The summed E-state index contributed by atoms with van der Waals surface area (Å²) in [6.07, 6.45) is 4.74. The van der Waals surface area contributed by atoms with Gasteiger partial charge in [-0.25, -0.2) is 13.5 Å². The third-order valence-corrected chi connectivity index (χ3v) is 6.01. The Morgan fingerprint density at radius 2 is 1.97 bits per heavy atom. The van der Waals surface area contributed by atoms with Crippen molar-refractivity contribution in [3.05, 3.63) is 59.4 Å². The molecule has 0 N–H and O–H groups in total. The maximum Gasteiger partial charge on any atom is 0.160 e. The number of fused-ring (bicyclic) bond motifs is 2. The van der Waals surface area contributed by atoms with E-state index in [-0.39, 0.29) is 23.8 Å². The second-order valence-corrected chi connectivity index (χ2v) is 8.48. The lowest BCUT2D eigenvalue weighted by atomic mass is 10.1. The van der Waals surface area contributed by atoms with Crippen molar-refractivity contribution in [3.63, 3.8) is 0 Å². The fourth-order valence-electron chi connectivity index (χ4n) is 4.38. The van der Waals surface area contributed by atoms with Crippen LogP contribution in [-0.4, -0.2) is 21.0 Å². The largest absolute Gasteiger partial charge is 0.357 e. The van der Waals surface area contributed by atoms with Gasteiger partial charge in [0.2, 0.25) is 0 Å². The van der Waals surface area contributed by atoms with E-state index in [0.717, 1.165) is 41.5 Å². The maximum absolute atomic E-state index is 15.6. The summed E-state index contributed by atoms with van der Waals surface area (Å²) in [4.78, 5) is 0. The molecule has 2 aromatic heterocycles. The molecule has 4 aromatic rings. The first-order chi connectivity index (χ1) is 14.4. The summed E-state index contributed by atoms with van der Waals surface area (Å²) in [6, 6.07) is 8.89. The Morgan fingerprint density at radius 1 is 1.13 bits per heavy atom. The topological polar surface area (TPSA) is 32.0 Å². The molecule has 3 heterocycles. The minimum atomic E-state index is -0.323. The van der Waals surface area contributed by atoms with E-state index in [9.17, 15) is 4.39 Å². The van der Waals surface area contributed by atoms with E-state index in [1.54, 1.807) is 17.7 Å². The van der Waals surface area contributed by atoms with Gasteiger partial charge in [-0.1, -0.05) is 13.8 Å². The van der Waals surface area contributed by atoms with E-state index < -0.39 is 0 Å². The van der Waals surface area contributed by atoms with Gasteiger partial charge in [-0.3, -0.25) is 0 Å². The Hall–Kier alpha value is -2.73. The molecule has 6 heteroatoms. The number of halogens is 2. The van der Waals surface area contributed by atoms with Gasteiger partial charge in [0, 0.05) is 35.0 Å². The van der Waals surface area contributed by atoms with E-state index in [1.807, 2.05) is 29.0 Å². The molecule has 1 aliphatic heterocycles. The first kappa shape index (κ1) is 19.2. The fraction of sp³-hybridized carbons (Fsp3) is 0.375. The third-order valence-electron chi connectivity index (χ3n) is 6.01. The van der Waals surface area contributed by atoms with Crippen molar-refractivity contribution in [3.8, 4) is 5.69 Å². The van der Waals surface area contributed by atoms with Crippen LogP contribution in [0.2, 0.25) is 0 Å². The van der Waals surface area contributed by atoms with E-state index in [2.05, 4.69) is 18.9 Å². The molecule has 0 radical (unpaired) electrons. The molecule has 0 amide bonds. The summed E-state index contributed by atoms with van der Waals surface area (Å²) in [5.41, 5.74) is 3.49. The van der Waals surface area contributed by atoms with Gasteiger partial charge in [-0.05, 0) is 68.0 Å². The summed E-state index contributed by atoms with van der Waals surface area (Å²) >= 11 is 0. The Bertz CT molecular complexity index is 1250. The van der Waals surface area contributed by atoms with Crippen LogP contribution in [0.25, 0.3) is 27.5 Å². The molecule has 4 nitrogen and oxygen atoms in total. The molecule has 156 valence electrons. The van der Waals surface area contributed by atoms with Gasteiger partial charge in [-0.2, -0.15) is 5.10 Å². The highest BCUT2D eigenvalue weighted by Crippen LogP contribution is 2.35. The van der Waals surface area contributed by atoms with Crippen LogP contribution < -0.4 is 0 Å². The van der Waals surface area contributed by atoms with Gasteiger partial charge >= 0.3 is 0 Å². The van der Waals surface area contributed by atoms with Crippen LogP contribution in [-0.2, 0) is 4.74 Å². The number of aromatic nitrogens is 3.